The molecule has 102 valence electrons. The van der Waals surface area contributed by atoms with Gasteiger partial charge >= 0.3 is 0 Å². The van der Waals surface area contributed by atoms with Crippen molar-refractivity contribution in [2.45, 2.75) is 53.0 Å². The molecule has 1 unspecified atom stereocenters. The molecule has 0 saturated carbocycles. The Bertz CT molecular complexity index is 365. The van der Waals surface area contributed by atoms with Gasteiger partial charge in [0.05, 0.1) is 0 Å². The minimum absolute atomic E-state index is 0.491. The van der Waals surface area contributed by atoms with E-state index in [4.69, 9.17) is 0 Å². The molecule has 1 aromatic heterocycles. The van der Waals surface area contributed by atoms with Gasteiger partial charge in [0.25, 0.3) is 0 Å². The van der Waals surface area contributed by atoms with Crippen LogP contribution in [0.4, 0.5) is 11.6 Å². The first-order chi connectivity index (χ1) is 8.65. The minimum Gasteiger partial charge on any atom is -0.370 e. The van der Waals surface area contributed by atoms with Gasteiger partial charge in [0.1, 0.15) is 18.0 Å². The van der Waals surface area contributed by atoms with E-state index in [-0.39, 0.29) is 0 Å². The molecule has 0 saturated heterocycles. The zero-order valence-electron chi connectivity index (χ0n) is 12.3. The van der Waals surface area contributed by atoms with Gasteiger partial charge in [-0.3, -0.25) is 0 Å². The first-order valence-corrected chi connectivity index (χ1v) is 6.96. The monoisotopic (exact) mass is 250 g/mol. The molecule has 1 N–H and O–H groups in total. The maximum Gasteiger partial charge on any atom is 0.137 e. The maximum absolute atomic E-state index is 4.48. The Morgan fingerprint density at radius 3 is 2.56 bits per heavy atom. The van der Waals surface area contributed by atoms with Crippen LogP contribution in [0.15, 0.2) is 6.33 Å². The highest BCUT2D eigenvalue weighted by Crippen LogP contribution is 2.25. The van der Waals surface area contributed by atoms with Crippen molar-refractivity contribution < 1.29 is 0 Å². The lowest BCUT2D eigenvalue weighted by Crippen LogP contribution is -2.30. The molecule has 1 rings (SSSR count). The van der Waals surface area contributed by atoms with Gasteiger partial charge in [0.2, 0.25) is 0 Å². The van der Waals surface area contributed by atoms with E-state index in [9.17, 15) is 0 Å². The first kappa shape index (κ1) is 14.7. The molecule has 0 aliphatic rings. The van der Waals surface area contributed by atoms with Gasteiger partial charge in [-0.05, 0) is 26.7 Å². The lowest BCUT2D eigenvalue weighted by molar-refractivity contribution is 0.651. The van der Waals surface area contributed by atoms with Crippen molar-refractivity contribution in [2.75, 3.05) is 23.8 Å². The van der Waals surface area contributed by atoms with E-state index in [1.165, 1.54) is 5.56 Å². The van der Waals surface area contributed by atoms with Crippen molar-refractivity contribution in [3.63, 3.8) is 0 Å². The van der Waals surface area contributed by atoms with Crippen LogP contribution in [0.3, 0.4) is 0 Å². The fourth-order valence-corrected chi connectivity index (χ4v) is 1.99. The second-order valence-corrected chi connectivity index (χ2v) is 4.67. The van der Waals surface area contributed by atoms with E-state index >= 15 is 0 Å². The molecule has 0 aromatic carbocycles. The molecule has 4 heteroatoms. The molecule has 1 aromatic rings. The summed E-state index contributed by atoms with van der Waals surface area (Å²) in [6.45, 7) is 9.60. The third kappa shape index (κ3) is 3.34. The van der Waals surface area contributed by atoms with Gasteiger partial charge in [-0.25, -0.2) is 9.97 Å². The maximum atomic E-state index is 4.48. The number of rotatable bonds is 7. The fourth-order valence-electron chi connectivity index (χ4n) is 1.99. The zero-order chi connectivity index (χ0) is 13.5. The molecule has 0 amide bonds. The average molecular weight is 250 g/mol. The van der Waals surface area contributed by atoms with Gasteiger partial charge in [0, 0.05) is 25.2 Å². The smallest absolute Gasteiger partial charge is 0.137 e. The quantitative estimate of drug-likeness (QED) is 0.807. The minimum atomic E-state index is 0.491. The highest BCUT2D eigenvalue weighted by molar-refractivity contribution is 5.58. The number of hydrogen-bond donors (Lipinski definition) is 1. The lowest BCUT2D eigenvalue weighted by atomic mass is 10.1. The molecule has 1 heterocycles. The van der Waals surface area contributed by atoms with Crippen molar-refractivity contribution >= 4 is 11.6 Å². The topological polar surface area (TPSA) is 41.1 Å². The van der Waals surface area contributed by atoms with E-state index in [1.54, 1.807) is 6.33 Å². The Kier molecular flexibility index (Phi) is 5.89. The summed E-state index contributed by atoms with van der Waals surface area (Å²) in [6, 6.07) is 0.491. The summed E-state index contributed by atoms with van der Waals surface area (Å²) in [6.07, 6.45) is 4.89. The number of nitrogens with zero attached hydrogens (tertiary/aromatic N) is 3. The molecular formula is C14H26N4. The van der Waals surface area contributed by atoms with Crippen molar-refractivity contribution in [1.82, 2.24) is 9.97 Å². The predicted molar refractivity (Wildman–Crippen MR) is 78.3 cm³/mol. The Hall–Kier alpha value is -1.32. The molecule has 0 spiro atoms. The van der Waals surface area contributed by atoms with Crippen LogP contribution in [0.25, 0.3) is 0 Å². The average Bonchev–Trinajstić information content (AvgIpc) is 2.39. The highest BCUT2D eigenvalue weighted by atomic mass is 15.2. The number of aromatic nitrogens is 2. The molecule has 4 nitrogen and oxygen atoms in total. The van der Waals surface area contributed by atoms with Gasteiger partial charge < -0.3 is 10.2 Å². The van der Waals surface area contributed by atoms with Crippen LogP contribution in [0.5, 0.6) is 0 Å². The Morgan fingerprint density at radius 1 is 1.28 bits per heavy atom. The van der Waals surface area contributed by atoms with Crippen LogP contribution < -0.4 is 10.2 Å². The summed E-state index contributed by atoms with van der Waals surface area (Å²) in [5, 5.41) is 3.34. The Balaban J connectivity index is 3.12. The van der Waals surface area contributed by atoms with E-state index < -0.39 is 0 Å². The third-order valence-corrected chi connectivity index (χ3v) is 3.35. The van der Waals surface area contributed by atoms with Crippen LogP contribution in [0, 0.1) is 0 Å². The standard InChI is InChI=1S/C14H26N4/c1-6-9-12-13(15-8-3)16-10-17-14(12)18(5)11(4)7-2/h10-11H,6-9H2,1-5H3,(H,15,16,17). The van der Waals surface area contributed by atoms with Crippen molar-refractivity contribution in [1.29, 1.82) is 0 Å². The highest BCUT2D eigenvalue weighted by Gasteiger charge is 2.16. The summed E-state index contributed by atoms with van der Waals surface area (Å²) in [4.78, 5) is 11.1. The van der Waals surface area contributed by atoms with Crippen LogP contribution >= 0.6 is 0 Å². The van der Waals surface area contributed by atoms with Crippen molar-refractivity contribution in [3.05, 3.63) is 11.9 Å². The molecule has 0 aliphatic heterocycles. The first-order valence-electron chi connectivity index (χ1n) is 6.96. The summed E-state index contributed by atoms with van der Waals surface area (Å²) in [7, 11) is 2.12. The Labute approximate surface area is 111 Å². The lowest BCUT2D eigenvalue weighted by Gasteiger charge is -2.27. The van der Waals surface area contributed by atoms with Crippen LogP contribution in [-0.4, -0.2) is 29.6 Å². The number of nitrogens with one attached hydrogen (secondary N) is 1. The second kappa shape index (κ2) is 7.19. The van der Waals surface area contributed by atoms with Gasteiger partial charge in [-0.2, -0.15) is 0 Å². The summed E-state index contributed by atoms with van der Waals surface area (Å²) >= 11 is 0. The van der Waals surface area contributed by atoms with E-state index in [0.717, 1.165) is 37.4 Å². The van der Waals surface area contributed by atoms with Crippen LogP contribution in [0.1, 0.15) is 46.1 Å². The predicted octanol–water partition coefficient (Wildman–Crippen LogP) is 3.10. The Morgan fingerprint density at radius 2 is 2.00 bits per heavy atom. The van der Waals surface area contributed by atoms with E-state index in [2.05, 4.69) is 54.9 Å². The van der Waals surface area contributed by atoms with Gasteiger partial charge in [-0.1, -0.05) is 20.3 Å². The van der Waals surface area contributed by atoms with Crippen molar-refractivity contribution in [3.8, 4) is 0 Å². The van der Waals surface area contributed by atoms with Gasteiger partial charge in [-0.15, -0.1) is 0 Å². The molecule has 1 atom stereocenters. The normalized spacial score (nSPS) is 12.3. The van der Waals surface area contributed by atoms with Gasteiger partial charge in [0.15, 0.2) is 0 Å². The van der Waals surface area contributed by atoms with Crippen LogP contribution in [-0.2, 0) is 6.42 Å². The summed E-state index contributed by atoms with van der Waals surface area (Å²) in [5.41, 5.74) is 1.24. The number of hydrogen-bond acceptors (Lipinski definition) is 4. The molecule has 0 bridgehead atoms. The number of anilines is 2. The third-order valence-electron chi connectivity index (χ3n) is 3.35. The van der Waals surface area contributed by atoms with Crippen molar-refractivity contribution in [2.24, 2.45) is 0 Å². The molecule has 0 radical (unpaired) electrons. The zero-order valence-corrected chi connectivity index (χ0v) is 12.3. The van der Waals surface area contributed by atoms with Crippen LogP contribution in [0.2, 0.25) is 0 Å². The molecule has 0 aliphatic carbocycles. The molecule has 18 heavy (non-hydrogen) atoms. The second-order valence-electron chi connectivity index (χ2n) is 4.67. The summed E-state index contributed by atoms with van der Waals surface area (Å²) in [5.74, 6) is 2.05. The van der Waals surface area contributed by atoms with E-state index in [0.29, 0.717) is 6.04 Å². The SMILES string of the molecule is CCCc1c(NCC)ncnc1N(C)C(C)CC. The molecule has 0 fully saturated rings. The fraction of sp³-hybridized carbons (Fsp3) is 0.714. The summed E-state index contributed by atoms with van der Waals surface area (Å²) < 4.78 is 0. The largest absolute Gasteiger partial charge is 0.370 e. The molecular weight excluding hydrogens is 224 g/mol. The van der Waals surface area contributed by atoms with E-state index in [1.807, 2.05) is 0 Å².